The lowest BCUT2D eigenvalue weighted by molar-refractivity contribution is -0.845. The van der Waals surface area contributed by atoms with E-state index in [1.807, 2.05) is 12.1 Å². The Labute approximate surface area is 131 Å². The lowest BCUT2D eigenvalue weighted by atomic mass is 10.2. The lowest BCUT2D eigenvalue weighted by Crippen LogP contribution is -3.05. The van der Waals surface area contributed by atoms with Gasteiger partial charge in [0.1, 0.15) is 18.4 Å². The van der Waals surface area contributed by atoms with Crippen LogP contribution in [0.5, 0.6) is 5.75 Å². The maximum absolute atomic E-state index is 11.2. The van der Waals surface area contributed by atoms with Crippen LogP contribution in [-0.4, -0.2) is 64.1 Å². The van der Waals surface area contributed by atoms with Gasteiger partial charge in [-0.15, -0.1) is 0 Å². The van der Waals surface area contributed by atoms with E-state index >= 15 is 0 Å². The van der Waals surface area contributed by atoms with Gasteiger partial charge in [0.2, 0.25) is 0 Å². The molecule has 2 saturated heterocycles. The van der Waals surface area contributed by atoms with Crippen molar-refractivity contribution in [1.29, 1.82) is 0 Å². The van der Waals surface area contributed by atoms with Gasteiger partial charge >= 0.3 is 0 Å². The highest BCUT2D eigenvalue weighted by molar-refractivity contribution is 5.51. The Kier molecular flexibility index (Phi) is 5.15. The number of methoxy groups -OCH3 is 1. The molecule has 2 aliphatic rings. The molecule has 1 aromatic rings. The van der Waals surface area contributed by atoms with E-state index in [-0.39, 0.29) is 11.2 Å². The van der Waals surface area contributed by atoms with E-state index in [1.54, 1.807) is 7.11 Å². The van der Waals surface area contributed by atoms with Crippen LogP contribution in [0.1, 0.15) is 6.42 Å². The SMILES string of the molecule is COc1cccc(N2CCN(CCC3C[NH+]([O-])CO3)CC2)c1. The van der Waals surface area contributed by atoms with Crippen LogP contribution < -0.4 is 14.7 Å². The summed E-state index contributed by atoms with van der Waals surface area (Å²) < 4.78 is 10.8. The number of nitrogens with zero attached hydrogens (tertiary/aromatic N) is 2. The maximum atomic E-state index is 11.2. The second kappa shape index (κ2) is 7.28. The van der Waals surface area contributed by atoms with Crippen molar-refractivity contribution in [1.82, 2.24) is 4.90 Å². The Hall–Kier alpha value is -1.34. The first-order valence-electron chi connectivity index (χ1n) is 7.99. The van der Waals surface area contributed by atoms with E-state index < -0.39 is 0 Å². The fraction of sp³-hybridized carbons (Fsp3) is 0.625. The molecule has 0 saturated carbocycles. The molecular formula is C16H25N3O3. The topological polar surface area (TPSA) is 52.4 Å². The lowest BCUT2D eigenvalue weighted by Gasteiger charge is -2.36. The number of hydroxylamine groups is 2. The van der Waals surface area contributed by atoms with Crippen molar-refractivity contribution < 1.29 is 14.5 Å². The quantitative estimate of drug-likeness (QED) is 0.773. The fourth-order valence-electron chi connectivity index (χ4n) is 3.13. The maximum Gasteiger partial charge on any atom is 0.182 e. The highest BCUT2D eigenvalue weighted by Gasteiger charge is 2.23. The molecular weight excluding hydrogens is 282 g/mol. The Balaban J connectivity index is 1.44. The van der Waals surface area contributed by atoms with Crippen molar-refractivity contribution in [2.45, 2.75) is 12.5 Å². The van der Waals surface area contributed by atoms with E-state index in [9.17, 15) is 5.21 Å². The molecule has 22 heavy (non-hydrogen) atoms. The molecule has 1 N–H and O–H groups in total. The molecule has 2 unspecified atom stereocenters. The smallest absolute Gasteiger partial charge is 0.182 e. The van der Waals surface area contributed by atoms with Gasteiger partial charge in [0.25, 0.3) is 0 Å². The fourth-order valence-corrected chi connectivity index (χ4v) is 3.13. The summed E-state index contributed by atoms with van der Waals surface area (Å²) in [7, 11) is 1.70. The van der Waals surface area contributed by atoms with Gasteiger partial charge < -0.3 is 24.6 Å². The second-order valence-electron chi connectivity index (χ2n) is 5.99. The number of rotatable bonds is 5. The van der Waals surface area contributed by atoms with Gasteiger partial charge in [-0.25, -0.2) is 0 Å². The number of hydrogen-bond donors (Lipinski definition) is 1. The molecule has 0 aliphatic carbocycles. The third-order valence-corrected chi connectivity index (χ3v) is 4.49. The van der Waals surface area contributed by atoms with E-state index in [0.717, 1.165) is 44.9 Å². The minimum atomic E-state index is 0.143. The van der Waals surface area contributed by atoms with Crippen LogP contribution in [0.4, 0.5) is 5.69 Å². The zero-order valence-electron chi connectivity index (χ0n) is 13.2. The summed E-state index contributed by atoms with van der Waals surface area (Å²) in [5.41, 5.74) is 1.23. The summed E-state index contributed by atoms with van der Waals surface area (Å²) in [6.45, 7) is 6.09. The van der Waals surface area contributed by atoms with Gasteiger partial charge in [-0.1, -0.05) is 6.07 Å². The molecule has 0 amide bonds. The van der Waals surface area contributed by atoms with Crippen molar-refractivity contribution in [3.63, 3.8) is 0 Å². The third-order valence-electron chi connectivity index (χ3n) is 4.49. The van der Waals surface area contributed by atoms with Gasteiger partial charge in [-0.2, -0.15) is 0 Å². The minimum Gasteiger partial charge on any atom is -0.633 e. The predicted molar refractivity (Wildman–Crippen MR) is 85.2 cm³/mol. The molecule has 3 rings (SSSR count). The van der Waals surface area contributed by atoms with E-state index in [1.165, 1.54) is 5.69 Å². The molecule has 6 nitrogen and oxygen atoms in total. The Morgan fingerprint density at radius 2 is 2.14 bits per heavy atom. The number of nitrogens with one attached hydrogen (secondary N) is 1. The average molecular weight is 307 g/mol. The molecule has 2 atom stereocenters. The summed E-state index contributed by atoms with van der Waals surface area (Å²) in [6, 6.07) is 8.24. The van der Waals surface area contributed by atoms with Crippen LogP contribution in [0.2, 0.25) is 0 Å². The Morgan fingerprint density at radius 3 is 2.82 bits per heavy atom. The van der Waals surface area contributed by atoms with Gasteiger partial charge in [-0.3, -0.25) is 4.90 Å². The second-order valence-corrected chi connectivity index (χ2v) is 5.99. The Morgan fingerprint density at radius 1 is 1.32 bits per heavy atom. The molecule has 2 heterocycles. The van der Waals surface area contributed by atoms with Crippen LogP contribution in [0.15, 0.2) is 24.3 Å². The van der Waals surface area contributed by atoms with E-state index in [2.05, 4.69) is 21.9 Å². The highest BCUT2D eigenvalue weighted by Crippen LogP contribution is 2.22. The van der Waals surface area contributed by atoms with Gasteiger partial charge in [-0.05, 0) is 18.6 Å². The summed E-state index contributed by atoms with van der Waals surface area (Å²) in [5.74, 6) is 0.906. The molecule has 0 spiro atoms. The van der Waals surface area contributed by atoms with Crippen molar-refractivity contribution in [2.75, 3.05) is 58.0 Å². The molecule has 2 aliphatic heterocycles. The molecule has 0 aromatic heterocycles. The van der Waals surface area contributed by atoms with Crippen molar-refractivity contribution in [3.05, 3.63) is 29.5 Å². The minimum absolute atomic E-state index is 0.143. The predicted octanol–water partition coefficient (Wildman–Crippen LogP) is -0.0537. The summed E-state index contributed by atoms with van der Waals surface area (Å²) in [6.07, 6.45) is 1.11. The number of anilines is 1. The normalized spacial score (nSPS) is 26.4. The first-order chi connectivity index (χ1) is 10.7. The van der Waals surface area contributed by atoms with Gasteiger partial charge in [0.15, 0.2) is 6.73 Å². The van der Waals surface area contributed by atoms with E-state index in [0.29, 0.717) is 13.3 Å². The standard InChI is InChI=1S/C16H25N3O3/c1-21-15-4-2-3-14(11-15)18-9-7-17(8-10-18)6-5-16-12-19(20)13-22-16/h2-4,11,16,19H,5-10,12-13H2,1H3. The zero-order valence-corrected chi connectivity index (χ0v) is 13.2. The zero-order chi connectivity index (χ0) is 15.4. The summed E-state index contributed by atoms with van der Waals surface area (Å²) in [5, 5.41) is 11.4. The largest absolute Gasteiger partial charge is 0.633 e. The third kappa shape index (κ3) is 3.89. The molecule has 2 fully saturated rings. The number of quaternary nitrogens is 1. The highest BCUT2D eigenvalue weighted by atomic mass is 16.6. The van der Waals surface area contributed by atoms with Crippen LogP contribution >= 0.6 is 0 Å². The van der Waals surface area contributed by atoms with Gasteiger partial charge in [0, 0.05) is 44.5 Å². The first-order valence-corrected chi connectivity index (χ1v) is 7.99. The number of benzene rings is 1. The van der Waals surface area contributed by atoms with Crippen LogP contribution in [-0.2, 0) is 4.74 Å². The molecule has 122 valence electrons. The van der Waals surface area contributed by atoms with Crippen LogP contribution in [0.3, 0.4) is 0 Å². The van der Waals surface area contributed by atoms with Crippen LogP contribution in [0, 0.1) is 5.21 Å². The average Bonchev–Trinajstić information content (AvgIpc) is 2.99. The monoisotopic (exact) mass is 307 g/mol. The van der Waals surface area contributed by atoms with Crippen molar-refractivity contribution >= 4 is 5.69 Å². The van der Waals surface area contributed by atoms with Crippen molar-refractivity contribution in [2.24, 2.45) is 0 Å². The van der Waals surface area contributed by atoms with Crippen molar-refractivity contribution in [3.8, 4) is 5.75 Å². The summed E-state index contributed by atoms with van der Waals surface area (Å²) in [4.78, 5) is 4.86. The molecule has 1 aromatic carbocycles. The van der Waals surface area contributed by atoms with Gasteiger partial charge in [0.05, 0.1) is 7.11 Å². The van der Waals surface area contributed by atoms with E-state index in [4.69, 9.17) is 9.47 Å². The Bertz CT molecular complexity index is 477. The molecule has 6 heteroatoms. The molecule has 0 radical (unpaired) electrons. The number of ether oxygens (including phenoxy) is 2. The summed E-state index contributed by atoms with van der Waals surface area (Å²) >= 11 is 0. The molecule has 0 bridgehead atoms. The number of hydrogen-bond acceptors (Lipinski definition) is 5. The van der Waals surface area contributed by atoms with Crippen LogP contribution in [0.25, 0.3) is 0 Å². The number of piperazine rings is 1. The first kappa shape index (κ1) is 15.6.